The van der Waals surface area contributed by atoms with Crippen LogP contribution < -0.4 is 5.73 Å². The number of aliphatic hydroxyl groups is 1. The highest BCUT2D eigenvalue weighted by Crippen LogP contribution is 2.19. The Morgan fingerprint density at radius 3 is 2.89 bits per heavy atom. The molecule has 0 saturated carbocycles. The fourth-order valence-electron chi connectivity index (χ4n) is 2.05. The Morgan fingerprint density at radius 1 is 1.44 bits per heavy atom. The SMILES string of the molecule is Cc1cccc(C(N)c2nccn2CC(C)O)c1. The quantitative estimate of drug-likeness (QED) is 0.860. The van der Waals surface area contributed by atoms with Gasteiger partial charge in [0.2, 0.25) is 0 Å². The van der Waals surface area contributed by atoms with E-state index in [-0.39, 0.29) is 6.04 Å². The summed E-state index contributed by atoms with van der Waals surface area (Å²) in [6.45, 7) is 4.30. The normalized spacial score (nSPS) is 14.4. The second kappa shape index (κ2) is 5.33. The van der Waals surface area contributed by atoms with Gasteiger partial charge in [-0.1, -0.05) is 29.8 Å². The third-order valence-corrected chi connectivity index (χ3v) is 2.89. The van der Waals surface area contributed by atoms with E-state index in [1.807, 2.05) is 35.9 Å². The highest BCUT2D eigenvalue weighted by molar-refractivity contribution is 5.28. The number of hydrogen-bond donors (Lipinski definition) is 2. The minimum atomic E-state index is -0.414. The van der Waals surface area contributed by atoms with Gasteiger partial charge in [-0.3, -0.25) is 0 Å². The molecule has 2 unspecified atom stereocenters. The minimum Gasteiger partial charge on any atom is -0.392 e. The highest BCUT2D eigenvalue weighted by Gasteiger charge is 2.15. The maximum Gasteiger partial charge on any atom is 0.130 e. The molecule has 0 saturated heterocycles. The Hall–Kier alpha value is -1.65. The van der Waals surface area contributed by atoms with E-state index in [0.717, 1.165) is 11.4 Å². The molecule has 0 bridgehead atoms. The molecule has 0 amide bonds. The molecule has 4 heteroatoms. The zero-order valence-electron chi connectivity index (χ0n) is 10.7. The third kappa shape index (κ3) is 2.78. The molecular weight excluding hydrogens is 226 g/mol. The zero-order chi connectivity index (χ0) is 13.1. The van der Waals surface area contributed by atoms with E-state index < -0.39 is 6.10 Å². The molecule has 0 aliphatic carbocycles. The van der Waals surface area contributed by atoms with Crippen LogP contribution in [0.2, 0.25) is 0 Å². The maximum atomic E-state index is 9.46. The molecule has 4 nitrogen and oxygen atoms in total. The number of aryl methyl sites for hydroxylation is 1. The number of nitrogens with two attached hydrogens (primary N) is 1. The molecule has 0 spiro atoms. The van der Waals surface area contributed by atoms with Crippen molar-refractivity contribution in [3.05, 3.63) is 53.6 Å². The smallest absolute Gasteiger partial charge is 0.130 e. The first-order chi connectivity index (χ1) is 8.58. The van der Waals surface area contributed by atoms with Crippen LogP contribution in [0.3, 0.4) is 0 Å². The van der Waals surface area contributed by atoms with E-state index in [2.05, 4.69) is 11.1 Å². The lowest BCUT2D eigenvalue weighted by atomic mass is 10.0. The van der Waals surface area contributed by atoms with E-state index in [4.69, 9.17) is 5.73 Å². The van der Waals surface area contributed by atoms with Crippen molar-refractivity contribution in [2.45, 2.75) is 32.5 Å². The van der Waals surface area contributed by atoms with Crippen LogP contribution in [0.25, 0.3) is 0 Å². The van der Waals surface area contributed by atoms with Crippen molar-refractivity contribution in [3.8, 4) is 0 Å². The molecule has 0 fully saturated rings. The van der Waals surface area contributed by atoms with E-state index in [1.165, 1.54) is 5.56 Å². The first kappa shape index (κ1) is 12.8. The number of aromatic nitrogens is 2. The molecular formula is C14H19N3O. The molecule has 0 aliphatic heterocycles. The summed E-state index contributed by atoms with van der Waals surface area (Å²) in [4.78, 5) is 4.30. The number of rotatable bonds is 4. The van der Waals surface area contributed by atoms with Gasteiger partial charge in [-0.25, -0.2) is 4.98 Å². The summed E-state index contributed by atoms with van der Waals surface area (Å²) in [5.41, 5.74) is 8.45. The molecule has 2 rings (SSSR count). The van der Waals surface area contributed by atoms with E-state index in [9.17, 15) is 5.11 Å². The molecule has 3 N–H and O–H groups in total. The summed E-state index contributed by atoms with van der Waals surface area (Å²) in [6, 6.07) is 7.83. The fraction of sp³-hybridized carbons (Fsp3) is 0.357. The van der Waals surface area contributed by atoms with E-state index in [0.29, 0.717) is 6.54 Å². The molecule has 0 radical (unpaired) electrons. The number of nitrogens with zero attached hydrogens (tertiary/aromatic N) is 2. The lowest BCUT2D eigenvalue weighted by Crippen LogP contribution is -2.21. The van der Waals surface area contributed by atoms with Gasteiger partial charge in [0.25, 0.3) is 0 Å². The first-order valence-corrected chi connectivity index (χ1v) is 6.09. The number of aliphatic hydroxyl groups excluding tert-OH is 1. The molecule has 18 heavy (non-hydrogen) atoms. The number of hydrogen-bond acceptors (Lipinski definition) is 3. The van der Waals surface area contributed by atoms with Crippen LogP contribution in [0.4, 0.5) is 0 Å². The van der Waals surface area contributed by atoms with Crippen molar-refractivity contribution in [2.24, 2.45) is 5.73 Å². The number of imidazole rings is 1. The van der Waals surface area contributed by atoms with Gasteiger partial charge in [0.1, 0.15) is 5.82 Å². The van der Waals surface area contributed by atoms with Crippen molar-refractivity contribution in [2.75, 3.05) is 0 Å². The summed E-state index contributed by atoms with van der Waals surface area (Å²) >= 11 is 0. The first-order valence-electron chi connectivity index (χ1n) is 6.09. The Morgan fingerprint density at radius 2 is 2.22 bits per heavy atom. The molecule has 96 valence electrons. The van der Waals surface area contributed by atoms with Crippen LogP contribution in [-0.4, -0.2) is 20.8 Å². The van der Waals surface area contributed by atoms with Crippen molar-refractivity contribution in [1.29, 1.82) is 0 Å². The van der Waals surface area contributed by atoms with Gasteiger partial charge in [0.05, 0.1) is 12.1 Å². The molecule has 2 aromatic rings. The predicted octanol–water partition coefficient (Wildman–Crippen LogP) is 1.62. The highest BCUT2D eigenvalue weighted by atomic mass is 16.3. The Bertz CT molecular complexity index is 519. The van der Waals surface area contributed by atoms with E-state index >= 15 is 0 Å². The van der Waals surface area contributed by atoms with Crippen LogP contribution in [0, 0.1) is 6.92 Å². The largest absolute Gasteiger partial charge is 0.392 e. The number of benzene rings is 1. The van der Waals surface area contributed by atoms with Gasteiger partial charge in [0, 0.05) is 18.9 Å². The minimum absolute atomic E-state index is 0.265. The fourth-order valence-corrected chi connectivity index (χ4v) is 2.05. The monoisotopic (exact) mass is 245 g/mol. The van der Waals surface area contributed by atoms with Gasteiger partial charge in [-0.05, 0) is 19.4 Å². The summed E-state index contributed by atoms with van der Waals surface area (Å²) in [7, 11) is 0. The van der Waals surface area contributed by atoms with Gasteiger partial charge in [-0.15, -0.1) is 0 Å². The Balaban J connectivity index is 2.28. The Labute approximate surface area is 107 Å². The molecule has 0 aliphatic rings. The van der Waals surface area contributed by atoms with Crippen LogP contribution in [0.1, 0.15) is 29.9 Å². The van der Waals surface area contributed by atoms with Gasteiger partial charge < -0.3 is 15.4 Å². The van der Waals surface area contributed by atoms with Crippen molar-refractivity contribution in [3.63, 3.8) is 0 Å². The van der Waals surface area contributed by atoms with Crippen LogP contribution in [-0.2, 0) is 6.54 Å². The van der Waals surface area contributed by atoms with Gasteiger partial charge >= 0.3 is 0 Å². The average molecular weight is 245 g/mol. The van der Waals surface area contributed by atoms with Crippen LogP contribution in [0.5, 0.6) is 0 Å². The van der Waals surface area contributed by atoms with Crippen LogP contribution >= 0.6 is 0 Å². The molecule has 1 aromatic heterocycles. The summed E-state index contributed by atoms with van der Waals surface area (Å²) in [5, 5.41) is 9.46. The summed E-state index contributed by atoms with van der Waals surface area (Å²) in [6.07, 6.45) is 3.15. The second-order valence-corrected chi connectivity index (χ2v) is 4.68. The summed E-state index contributed by atoms with van der Waals surface area (Å²) < 4.78 is 1.90. The summed E-state index contributed by atoms with van der Waals surface area (Å²) in [5.74, 6) is 0.779. The standard InChI is InChI=1S/C14H19N3O/c1-10-4-3-5-12(8-10)13(15)14-16-6-7-17(14)9-11(2)18/h3-8,11,13,18H,9,15H2,1-2H3. The predicted molar refractivity (Wildman–Crippen MR) is 71.1 cm³/mol. The van der Waals surface area contributed by atoms with Gasteiger partial charge in [0.15, 0.2) is 0 Å². The second-order valence-electron chi connectivity index (χ2n) is 4.68. The maximum absolute atomic E-state index is 9.46. The Kier molecular flexibility index (Phi) is 3.79. The lowest BCUT2D eigenvalue weighted by Gasteiger charge is -2.16. The molecule has 1 heterocycles. The third-order valence-electron chi connectivity index (χ3n) is 2.89. The molecule has 1 aromatic carbocycles. The molecule has 2 atom stereocenters. The van der Waals surface area contributed by atoms with Crippen molar-refractivity contribution in [1.82, 2.24) is 9.55 Å². The van der Waals surface area contributed by atoms with Crippen LogP contribution in [0.15, 0.2) is 36.7 Å². The zero-order valence-corrected chi connectivity index (χ0v) is 10.7. The van der Waals surface area contributed by atoms with E-state index in [1.54, 1.807) is 13.1 Å². The average Bonchev–Trinajstić information content (AvgIpc) is 2.75. The topological polar surface area (TPSA) is 64.1 Å². The lowest BCUT2D eigenvalue weighted by molar-refractivity contribution is 0.172. The van der Waals surface area contributed by atoms with Crippen molar-refractivity contribution >= 4 is 0 Å². The van der Waals surface area contributed by atoms with Gasteiger partial charge in [-0.2, -0.15) is 0 Å². The van der Waals surface area contributed by atoms with Crippen molar-refractivity contribution < 1.29 is 5.11 Å².